The van der Waals surface area contributed by atoms with Crippen LogP contribution in [-0.4, -0.2) is 17.1 Å². The van der Waals surface area contributed by atoms with Gasteiger partial charge in [0.05, 0.1) is 0 Å². The highest BCUT2D eigenvalue weighted by Gasteiger charge is 2.28. The van der Waals surface area contributed by atoms with E-state index in [0.29, 0.717) is 0 Å². The Balaban J connectivity index is 2.31. The molecule has 3 N–H and O–H groups in total. The van der Waals surface area contributed by atoms with Gasteiger partial charge in [0.15, 0.2) is 0 Å². The molecule has 0 saturated heterocycles. The molecule has 1 unspecified atom stereocenters. The highest BCUT2D eigenvalue weighted by atomic mass is 16.4. The molecule has 82 valence electrons. The Morgan fingerprint density at radius 1 is 1.43 bits per heavy atom. The number of hydrogen-bond donors (Lipinski definition) is 2. The van der Waals surface area contributed by atoms with Crippen LogP contribution in [0.5, 0.6) is 0 Å². The first-order valence-corrected chi connectivity index (χ1v) is 5.63. The molecule has 0 aromatic rings. The number of carbonyl (C=O) groups is 1. The van der Waals surface area contributed by atoms with Gasteiger partial charge in [-0.2, -0.15) is 0 Å². The summed E-state index contributed by atoms with van der Waals surface area (Å²) in [5.74, 6) is 0.182. The predicted octanol–water partition coefficient (Wildman–Crippen LogP) is 2.00. The third-order valence-corrected chi connectivity index (χ3v) is 3.38. The molecule has 0 aromatic carbocycles. The van der Waals surface area contributed by atoms with E-state index in [-0.39, 0.29) is 5.92 Å². The Kier molecular flexibility index (Phi) is 4.39. The van der Waals surface area contributed by atoms with Gasteiger partial charge >= 0.3 is 5.97 Å². The van der Waals surface area contributed by atoms with Crippen molar-refractivity contribution in [2.75, 3.05) is 0 Å². The normalized spacial score (nSPS) is 29.9. The highest BCUT2D eigenvalue weighted by molar-refractivity contribution is 5.73. The summed E-state index contributed by atoms with van der Waals surface area (Å²) in [6.07, 6.45) is 6.85. The SMILES string of the molecule is CCCC1CCC(C(N)C(=O)O)CC1. The molecular formula is C11H21NO2. The number of carboxylic acids is 1. The minimum absolute atomic E-state index is 0.209. The number of rotatable bonds is 4. The fourth-order valence-corrected chi connectivity index (χ4v) is 2.45. The Hall–Kier alpha value is -0.570. The van der Waals surface area contributed by atoms with Crippen LogP contribution in [0.3, 0.4) is 0 Å². The number of nitrogens with two attached hydrogens (primary N) is 1. The second-order valence-electron chi connectivity index (χ2n) is 4.43. The number of hydrogen-bond acceptors (Lipinski definition) is 2. The van der Waals surface area contributed by atoms with Crippen molar-refractivity contribution in [2.24, 2.45) is 17.6 Å². The van der Waals surface area contributed by atoms with Crippen molar-refractivity contribution in [1.29, 1.82) is 0 Å². The summed E-state index contributed by atoms with van der Waals surface area (Å²) in [7, 11) is 0. The Morgan fingerprint density at radius 3 is 2.43 bits per heavy atom. The first-order chi connectivity index (χ1) is 6.65. The first kappa shape index (κ1) is 11.5. The van der Waals surface area contributed by atoms with Crippen LogP contribution in [0, 0.1) is 11.8 Å². The lowest BCUT2D eigenvalue weighted by Gasteiger charge is -2.30. The van der Waals surface area contributed by atoms with Crippen LogP contribution in [0.1, 0.15) is 45.4 Å². The molecule has 1 aliphatic rings. The van der Waals surface area contributed by atoms with Crippen LogP contribution in [0.15, 0.2) is 0 Å². The second kappa shape index (κ2) is 5.35. The summed E-state index contributed by atoms with van der Waals surface area (Å²) in [6, 6.07) is -0.641. The minimum Gasteiger partial charge on any atom is -0.480 e. The molecule has 14 heavy (non-hydrogen) atoms. The van der Waals surface area contributed by atoms with Gasteiger partial charge in [-0.15, -0.1) is 0 Å². The van der Waals surface area contributed by atoms with Crippen molar-refractivity contribution < 1.29 is 9.90 Å². The summed E-state index contributed by atoms with van der Waals surface area (Å²) in [5, 5.41) is 8.78. The molecule has 1 atom stereocenters. The molecule has 3 nitrogen and oxygen atoms in total. The molecule has 0 aliphatic heterocycles. The fourth-order valence-electron chi connectivity index (χ4n) is 2.45. The maximum absolute atomic E-state index is 10.7. The quantitative estimate of drug-likeness (QED) is 0.728. The van der Waals surface area contributed by atoms with Crippen molar-refractivity contribution >= 4 is 5.97 Å². The molecule has 1 rings (SSSR count). The number of aliphatic carboxylic acids is 1. The molecular weight excluding hydrogens is 178 g/mol. The predicted molar refractivity (Wildman–Crippen MR) is 56.0 cm³/mol. The van der Waals surface area contributed by atoms with Crippen LogP contribution in [-0.2, 0) is 4.79 Å². The van der Waals surface area contributed by atoms with Crippen molar-refractivity contribution in [3.8, 4) is 0 Å². The molecule has 1 aliphatic carbocycles. The summed E-state index contributed by atoms with van der Waals surface area (Å²) < 4.78 is 0. The molecule has 1 saturated carbocycles. The van der Waals surface area contributed by atoms with Crippen molar-refractivity contribution in [1.82, 2.24) is 0 Å². The second-order valence-corrected chi connectivity index (χ2v) is 4.43. The fraction of sp³-hybridized carbons (Fsp3) is 0.909. The zero-order chi connectivity index (χ0) is 10.6. The van der Waals surface area contributed by atoms with E-state index in [1.54, 1.807) is 0 Å². The van der Waals surface area contributed by atoms with Gasteiger partial charge in [-0.25, -0.2) is 0 Å². The lowest BCUT2D eigenvalue weighted by atomic mass is 9.77. The minimum atomic E-state index is -0.844. The Bertz CT molecular complexity index is 186. The highest BCUT2D eigenvalue weighted by Crippen LogP contribution is 2.32. The lowest BCUT2D eigenvalue weighted by molar-refractivity contribution is -0.140. The maximum atomic E-state index is 10.7. The molecule has 0 heterocycles. The monoisotopic (exact) mass is 199 g/mol. The van der Waals surface area contributed by atoms with E-state index in [1.165, 1.54) is 25.7 Å². The standard InChI is InChI=1S/C11H21NO2/c1-2-3-8-4-6-9(7-5-8)10(12)11(13)14/h8-10H,2-7,12H2,1H3,(H,13,14). The maximum Gasteiger partial charge on any atom is 0.320 e. The van der Waals surface area contributed by atoms with Gasteiger partial charge in [-0.1, -0.05) is 32.6 Å². The van der Waals surface area contributed by atoms with Crippen LogP contribution >= 0.6 is 0 Å². The van der Waals surface area contributed by atoms with Gasteiger partial charge in [0, 0.05) is 0 Å². The summed E-state index contributed by atoms with van der Waals surface area (Å²) >= 11 is 0. The molecule has 0 amide bonds. The van der Waals surface area contributed by atoms with Gasteiger partial charge in [0.25, 0.3) is 0 Å². The van der Waals surface area contributed by atoms with Crippen molar-refractivity contribution in [3.63, 3.8) is 0 Å². The van der Waals surface area contributed by atoms with Crippen molar-refractivity contribution in [2.45, 2.75) is 51.5 Å². The Morgan fingerprint density at radius 2 is 2.00 bits per heavy atom. The molecule has 0 spiro atoms. The third-order valence-electron chi connectivity index (χ3n) is 3.38. The third kappa shape index (κ3) is 2.98. The molecule has 0 bridgehead atoms. The molecule has 0 aromatic heterocycles. The van der Waals surface area contributed by atoms with E-state index >= 15 is 0 Å². The zero-order valence-corrected chi connectivity index (χ0v) is 8.91. The van der Waals surface area contributed by atoms with Crippen LogP contribution in [0.4, 0.5) is 0 Å². The van der Waals surface area contributed by atoms with Crippen LogP contribution in [0.2, 0.25) is 0 Å². The average molecular weight is 199 g/mol. The average Bonchev–Trinajstić information content (AvgIpc) is 2.18. The molecule has 1 fully saturated rings. The van der Waals surface area contributed by atoms with Gasteiger partial charge in [0.1, 0.15) is 6.04 Å². The van der Waals surface area contributed by atoms with Gasteiger partial charge < -0.3 is 10.8 Å². The van der Waals surface area contributed by atoms with Crippen molar-refractivity contribution in [3.05, 3.63) is 0 Å². The van der Waals surface area contributed by atoms with E-state index in [1.807, 2.05) is 0 Å². The smallest absolute Gasteiger partial charge is 0.320 e. The van der Waals surface area contributed by atoms with E-state index in [0.717, 1.165) is 18.8 Å². The first-order valence-electron chi connectivity index (χ1n) is 5.63. The zero-order valence-electron chi connectivity index (χ0n) is 8.91. The Labute approximate surface area is 85.7 Å². The van der Waals surface area contributed by atoms with Gasteiger partial charge in [0.2, 0.25) is 0 Å². The van der Waals surface area contributed by atoms with E-state index < -0.39 is 12.0 Å². The van der Waals surface area contributed by atoms with Gasteiger partial charge in [-0.3, -0.25) is 4.79 Å². The lowest BCUT2D eigenvalue weighted by Crippen LogP contribution is -2.39. The largest absolute Gasteiger partial charge is 0.480 e. The molecule has 3 heteroatoms. The molecule has 0 radical (unpaired) electrons. The van der Waals surface area contributed by atoms with E-state index in [4.69, 9.17) is 10.8 Å². The summed E-state index contributed by atoms with van der Waals surface area (Å²) in [4.78, 5) is 10.7. The topological polar surface area (TPSA) is 63.3 Å². The number of carboxylic acid groups (broad SMARTS) is 1. The van der Waals surface area contributed by atoms with Crippen LogP contribution < -0.4 is 5.73 Å². The van der Waals surface area contributed by atoms with E-state index in [9.17, 15) is 4.79 Å². The van der Waals surface area contributed by atoms with Gasteiger partial charge in [-0.05, 0) is 24.7 Å². The summed E-state index contributed by atoms with van der Waals surface area (Å²) in [5.41, 5.74) is 5.61. The van der Waals surface area contributed by atoms with Crippen LogP contribution in [0.25, 0.3) is 0 Å². The van der Waals surface area contributed by atoms with E-state index in [2.05, 4.69) is 6.92 Å². The summed E-state index contributed by atoms with van der Waals surface area (Å²) in [6.45, 7) is 2.20.